The Morgan fingerprint density at radius 1 is 1.35 bits per heavy atom. The molecule has 4 heteroatoms. The van der Waals surface area contributed by atoms with E-state index in [0.717, 1.165) is 37.3 Å². The standard InChI is InChI=1S/C16H26N2O2/c1-13-10-15(20-16(13)11-17-14-4-5-14)12-19-9-8-18-6-2-3-7-18/h10,14,17H,2-9,11-12H2,1H3. The van der Waals surface area contributed by atoms with E-state index in [-0.39, 0.29) is 0 Å². The molecule has 1 aliphatic heterocycles. The highest BCUT2D eigenvalue weighted by atomic mass is 16.5. The molecule has 2 fully saturated rings. The van der Waals surface area contributed by atoms with Crippen LogP contribution in [-0.2, 0) is 17.9 Å². The van der Waals surface area contributed by atoms with E-state index in [0.29, 0.717) is 6.61 Å². The molecule has 1 N–H and O–H groups in total. The number of likely N-dealkylation sites (tertiary alicyclic amines) is 1. The number of nitrogens with one attached hydrogen (secondary N) is 1. The zero-order valence-electron chi connectivity index (χ0n) is 12.5. The Kier molecular flexibility index (Phi) is 4.76. The van der Waals surface area contributed by atoms with Crippen LogP contribution in [0.5, 0.6) is 0 Å². The summed E-state index contributed by atoms with van der Waals surface area (Å²) < 4.78 is 11.6. The van der Waals surface area contributed by atoms with Crippen LogP contribution in [0.4, 0.5) is 0 Å². The first-order chi connectivity index (χ1) is 9.81. The summed E-state index contributed by atoms with van der Waals surface area (Å²) in [6.07, 6.45) is 5.31. The van der Waals surface area contributed by atoms with Gasteiger partial charge in [0.25, 0.3) is 0 Å². The molecule has 1 saturated heterocycles. The van der Waals surface area contributed by atoms with Gasteiger partial charge in [-0.25, -0.2) is 0 Å². The number of hydrogen-bond donors (Lipinski definition) is 1. The molecule has 0 unspecified atom stereocenters. The van der Waals surface area contributed by atoms with Crippen molar-refractivity contribution >= 4 is 0 Å². The fourth-order valence-electron chi connectivity index (χ4n) is 2.73. The van der Waals surface area contributed by atoms with Crippen molar-refractivity contribution in [2.75, 3.05) is 26.2 Å². The number of rotatable bonds is 8. The molecule has 20 heavy (non-hydrogen) atoms. The van der Waals surface area contributed by atoms with Crippen molar-refractivity contribution in [3.05, 3.63) is 23.2 Å². The molecule has 1 aromatic rings. The maximum atomic E-state index is 5.86. The maximum Gasteiger partial charge on any atom is 0.130 e. The molecule has 112 valence electrons. The van der Waals surface area contributed by atoms with Crippen LogP contribution in [0.25, 0.3) is 0 Å². The Morgan fingerprint density at radius 3 is 2.90 bits per heavy atom. The molecule has 2 aliphatic rings. The van der Waals surface area contributed by atoms with Gasteiger partial charge in [0.2, 0.25) is 0 Å². The quantitative estimate of drug-likeness (QED) is 0.741. The van der Waals surface area contributed by atoms with Gasteiger partial charge in [0.1, 0.15) is 18.1 Å². The van der Waals surface area contributed by atoms with Crippen molar-refractivity contribution in [3.8, 4) is 0 Å². The van der Waals surface area contributed by atoms with Crippen molar-refractivity contribution in [1.82, 2.24) is 10.2 Å². The molecule has 0 amide bonds. The lowest BCUT2D eigenvalue weighted by Crippen LogP contribution is -2.23. The summed E-state index contributed by atoms with van der Waals surface area (Å²) in [6, 6.07) is 2.83. The lowest BCUT2D eigenvalue weighted by atomic mass is 10.2. The summed E-state index contributed by atoms with van der Waals surface area (Å²) in [5.74, 6) is 2.02. The number of furan rings is 1. The Balaban J connectivity index is 1.36. The first-order valence-corrected chi connectivity index (χ1v) is 7.93. The largest absolute Gasteiger partial charge is 0.462 e. The van der Waals surface area contributed by atoms with Crippen LogP contribution in [0, 0.1) is 6.92 Å². The number of aryl methyl sites for hydroxylation is 1. The van der Waals surface area contributed by atoms with E-state index in [4.69, 9.17) is 9.15 Å². The summed E-state index contributed by atoms with van der Waals surface area (Å²) in [4.78, 5) is 2.47. The molecule has 2 heterocycles. The van der Waals surface area contributed by atoms with Crippen molar-refractivity contribution < 1.29 is 9.15 Å². The molecule has 4 nitrogen and oxygen atoms in total. The normalized spacial score (nSPS) is 19.9. The van der Waals surface area contributed by atoms with E-state index in [2.05, 4.69) is 23.2 Å². The predicted octanol–water partition coefficient (Wildman–Crippen LogP) is 2.45. The number of ether oxygens (including phenoxy) is 1. The summed E-state index contributed by atoms with van der Waals surface area (Å²) in [6.45, 7) is 7.88. The molecule has 0 atom stereocenters. The molecule has 1 aromatic heterocycles. The summed E-state index contributed by atoms with van der Waals surface area (Å²) in [5, 5.41) is 3.49. The van der Waals surface area contributed by atoms with Gasteiger partial charge < -0.3 is 19.4 Å². The fourth-order valence-corrected chi connectivity index (χ4v) is 2.73. The molecule has 1 saturated carbocycles. The van der Waals surface area contributed by atoms with Gasteiger partial charge in [-0.1, -0.05) is 0 Å². The second-order valence-electron chi connectivity index (χ2n) is 6.08. The number of hydrogen-bond acceptors (Lipinski definition) is 4. The van der Waals surface area contributed by atoms with E-state index >= 15 is 0 Å². The molecule has 0 bridgehead atoms. The van der Waals surface area contributed by atoms with Gasteiger partial charge in [0.05, 0.1) is 13.2 Å². The van der Waals surface area contributed by atoms with Gasteiger partial charge in [-0.3, -0.25) is 0 Å². The average Bonchev–Trinajstić information content (AvgIpc) is 2.99. The molecule has 1 aliphatic carbocycles. The fraction of sp³-hybridized carbons (Fsp3) is 0.750. The van der Waals surface area contributed by atoms with E-state index in [1.165, 1.54) is 44.3 Å². The summed E-state index contributed by atoms with van der Waals surface area (Å²) in [5.41, 5.74) is 1.23. The van der Waals surface area contributed by atoms with E-state index in [9.17, 15) is 0 Å². The Morgan fingerprint density at radius 2 is 2.15 bits per heavy atom. The van der Waals surface area contributed by atoms with Gasteiger partial charge in [-0.2, -0.15) is 0 Å². The van der Waals surface area contributed by atoms with Gasteiger partial charge in [-0.15, -0.1) is 0 Å². The highest BCUT2D eigenvalue weighted by Gasteiger charge is 2.21. The third kappa shape index (κ3) is 4.08. The monoisotopic (exact) mass is 278 g/mol. The molecular weight excluding hydrogens is 252 g/mol. The second kappa shape index (κ2) is 6.74. The van der Waals surface area contributed by atoms with Gasteiger partial charge in [0, 0.05) is 12.6 Å². The molecule has 0 radical (unpaired) electrons. The molecular formula is C16H26N2O2. The predicted molar refractivity (Wildman–Crippen MR) is 78.6 cm³/mol. The average molecular weight is 278 g/mol. The van der Waals surface area contributed by atoms with Crippen LogP contribution in [0.3, 0.4) is 0 Å². The Labute approximate surface area is 121 Å². The first kappa shape index (κ1) is 14.1. The highest BCUT2D eigenvalue weighted by molar-refractivity contribution is 5.19. The van der Waals surface area contributed by atoms with Crippen LogP contribution >= 0.6 is 0 Å². The Hall–Kier alpha value is -0.840. The van der Waals surface area contributed by atoms with Crippen LogP contribution in [0.15, 0.2) is 10.5 Å². The molecule has 3 rings (SSSR count). The zero-order valence-corrected chi connectivity index (χ0v) is 12.5. The van der Waals surface area contributed by atoms with Gasteiger partial charge in [-0.05, 0) is 57.3 Å². The lowest BCUT2D eigenvalue weighted by Gasteiger charge is -2.13. The number of nitrogens with zero attached hydrogens (tertiary/aromatic N) is 1. The van der Waals surface area contributed by atoms with Gasteiger partial charge in [0.15, 0.2) is 0 Å². The third-order valence-corrected chi connectivity index (χ3v) is 4.20. The van der Waals surface area contributed by atoms with Crippen LogP contribution in [-0.4, -0.2) is 37.2 Å². The van der Waals surface area contributed by atoms with E-state index in [1.807, 2.05) is 0 Å². The highest BCUT2D eigenvalue weighted by Crippen LogP contribution is 2.21. The maximum absolute atomic E-state index is 5.86. The van der Waals surface area contributed by atoms with Crippen molar-refractivity contribution in [2.45, 2.75) is 51.8 Å². The van der Waals surface area contributed by atoms with Crippen LogP contribution in [0.2, 0.25) is 0 Å². The second-order valence-corrected chi connectivity index (χ2v) is 6.08. The van der Waals surface area contributed by atoms with Gasteiger partial charge >= 0.3 is 0 Å². The summed E-state index contributed by atoms with van der Waals surface area (Å²) in [7, 11) is 0. The minimum atomic E-state index is 0.595. The minimum absolute atomic E-state index is 0.595. The minimum Gasteiger partial charge on any atom is -0.462 e. The van der Waals surface area contributed by atoms with Crippen molar-refractivity contribution in [1.29, 1.82) is 0 Å². The summed E-state index contributed by atoms with van der Waals surface area (Å²) >= 11 is 0. The van der Waals surface area contributed by atoms with Crippen molar-refractivity contribution in [3.63, 3.8) is 0 Å². The topological polar surface area (TPSA) is 37.6 Å². The smallest absolute Gasteiger partial charge is 0.130 e. The van der Waals surface area contributed by atoms with Crippen LogP contribution < -0.4 is 5.32 Å². The van der Waals surface area contributed by atoms with E-state index < -0.39 is 0 Å². The third-order valence-electron chi connectivity index (χ3n) is 4.20. The zero-order chi connectivity index (χ0) is 13.8. The lowest BCUT2D eigenvalue weighted by molar-refractivity contribution is 0.0867. The SMILES string of the molecule is Cc1cc(COCCN2CCCC2)oc1CNC1CC1. The van der Waals surface area contributed by atoms with Crippen LogP contribution in [0.1, 0.15) is 42.8 Å². The van der Waals surface area contributed by atoms with Crippen molar-refractivity contribution in [2.24, 2.45) is 0 Å². The Bertz CT molecular complexity index is 420. The molecule has 0 aromatic carbocycles. The first-order valence-electron chi connectivity index (χ1n) is 7.93. The van der Waals surface area contributed by atoms with E-state index in [1.54, 1.807) is 0 Å². The molecule has 0 spiro atoms.